The fourth-order valence-corrected chi connectivity index (χ4v) is 2.32. The van der Waals surface area contributed by atoms with Crippen molar-refractivity contribution in [1.29, 1.82) is 0 Å². The van der Waals surface area contributed by atoms with Gasteiger partial charge in [0.25, 0.3) is 0 Å². The van der Waals surface area contributed by atoms with Gasteiger partial charge in [-0.05, 0) is 59.5 Å². The Morgan fingerprint density at radius 1 is 0.833 bits per heavy atom. The molecule has 0 heterocycles. The van der Waals surface area contributed by atoms with Crippen molar-refractivity contribution in [1.82, 2.24) is 0 Å². The van der Waals surface area contributed by atoms with Crippen LogP contribution in [0.1, 0.15) is 50.7 Å². The van der Waals surface area contributed by atoms with E-state index in [1.54, 1.807) is 0 Å². The Labute approximate surface area is 119 Å². The predicted molar refractivity (Wildman–Crippen MR) is 84.0 cm³/mol. The summed E-state index contributed by atoms with van der Waals surface area (Å²) in [4.78, 5) is 8.30. The average Bonchev–Trinajstić information content (AvgIpc) is 2.30. The van der Waals surface area contributed by atoms with Crippen molar-refractivity contribution in [3.8, 4) is 0 Å². The van der Waals surface area contributed by atoms with Gasteiger partial charge in [0.05, 0.1) is 21.7 Å². The van der Waals surface area contributed by atoms with E-state index in [1.165, 1.54) is 0 Å². The Hall–Kier alpha value is -1.18. The first-order valence-electron chi connectivity index (χ1n) is 5.85. The van der Waals surface area contributed by atoms with Gasteiger partial charge in [0, 0.05) is 0 Å². The van der Waals surface area contributed by atoms with Gasteiger partial charge >= 0.3 is 0 Å². The summed E-state index contributed by atoms with van der Waals surface area (Å²) in [6, 6.07) is 3.82. The van der Waals surface area contributed by atoms with Crippen LogP contribution in [0.5, 0.6) is 0 Å². The summed E-state index contributed by atoms with van der Waals surface area (Å²) >= 11 is 9.41. The number of hydrogen-bond donors (Lipinski definition) is 0. The van der Waals surface area contributed by atoms with Gasteiger partial charge in [-0.25, -0.2) is 0 Å². The standard InChI is InChI=1S/C14H16N2S2/c1-9(2)13-11(15-7-17)5-6-12(16-8-18)14(13)10(3)4/h5-6,9-10H,1-4H3. The Balaban J connectivity index is 3.69. The molecule has 18 heavy (non-hydrogen) atoms. The van der Waals surface area contributed by atoms with Crippen molar-refractivity contribution in [3.05, 3.63) is 23.3 Å². The highest BCUT2D eigenvalue weighted by Gasteiger charge is 2.18. The molecule has 0 N–H and O–H groups in total. The van der Waals surface area contributed by atoms with E-state index < -0.39 is 0 Å². The molecular weight excluding hydrogens is 260 g/mol. The van der Waals surface area contributed by atoms with Crippen LogP contribution >= 0.6 is 24.4 Å². The first-order valence-corrected chi connectivity index (χ1v) is 6.67. The van der Waals surface area contributed by atoms with Crippen LogP contribution in [0.25, 0.3) is 0 Å². The molecule has 0 amide bonds. The summed E-state index contributed by atoms with van der Waals surface area (Å²) in [5, 5.41) is 4.88. The summed E-state index contributed by atoms with van der Waals surface area (Å²) in [6.07, 6.45) is 0. The number of thiocarbonyl (C=S) groups is 2. The maximum absolute atomic E-state index is 4.70. The van der Waals surface area contributed by atoms with E-state index in [0.717, 1.165) is 22.5 Å². The number of rotatable bonds is 4. The van der Waals surface area contributed by atoms with E-state index in [-0.39, 0.29) is 0 Å². The molecule has 1 aromatic carbocycles. The predicted octanol–water partition coefficient (Wildman–Crippen LogP) is 5.40. The SMILES string of the molecule is CC(C)c1c(N=C=S)ccc(N=C=S)c1C(C)C. The zero-order chi connectivity index (χ0) is 13.7. The number of isothiocyanates is 2. The third-order valence-electron chi connectivity index (χ3n) is 2.73. The van der Waals surface area contributed by atoms with Crippen LogP contribution in [0.3, 0.4) is 0 Å². The van der Waals surface area contributed by atoms with Gasteiger partial charge in [-0.2, -0.15) is 9.98 Å². The normalized spacial score (nSPS) is 10.1. The van der Waals surface area contributed by atoms with Crippen LogP contribution in [0.4, 0.5) is 11.4 Å². The molecule has 0 aliphatic heterocycles. The van der Waals surface area contributed by atoms with Crippen molar-refractivity contribution in [2.75, 3.05) is 0 Å². The molecule has 0 aromatic heterocycles. The lowest BCUT2D eigenvalue weighted by Gasteiger charge is -2.19. The van der Waals surface area contributed by atoms with Crippen LogP contribution < -0.4 is 0 Å². The summed E-state index contributed by atoms with van der Waals surface area (Å²) in [5.41, 5.74) is 4.06. The highest BCUT2D eigenvalue weighted by atomic mass is 32.1. The molecule has 0 aliphatic rings. The number of benzene rings is 1. The molecule has 0 spiro atoms. The first kappa shape index (κ1) is 14.9. The van der Waals surface area contributed by atoms with Crippen molar-refractivity contribution >= 4 is 46.1 Å². The van der Waals surface area contributed by atoms with Crippen LogP contribution in [-0.4, -0.2) is 10.3 Å². The molecule has 1 aromatic rings. The minimum atomic E-state index is 0.338. The van der Waals surface area contributed by atoms with E-state index in [2.05, 4.69) is 48.0 Å². The molecule has 0 bridgehead atoms. The van der Waals surface area contributed by atoms with E-state index in [1.807, 2.05) is 12.1 Å². The molecule has 0 saturated carbocycles. The van der Waals surface area contributed by atoms with Gasteiger partial charge in [0.15, 0.2) is 0 Å². The summed E-state index contributed by atoms with van der Waals surface area (Å²) in [5.74, 6) is 0.676. The number of aliphatic imine (C=N–C) groups is 2. The fourth-order valence-electron chi connectivity index (χ4n) is 2.12. The van der Waals surface area contributed by atoms with Crippen LogP contribution in [0.2, 0.25) is 0 Å². The minimum Gasteiger partial charge on any atom is -0.194 e. The van der Waals surface area contributed by atoms with Gasteiger partial charge < -0.3 is 0 Å². The van der Waals surface area contributed by atoms with Gasteiger partial charge in [-0.15, -0.1) is 0 Å². The topological polar surface area (TPSA) is 24.7 Å². The Morgan fingerprint density at radius 3 is 1.39 bits per heavy atom. The molecule has 0 aliphatic carbocycles. The van der Waals surface area contributed by atoms with Gasteiger partial charge in [0.2, 0.25) is 0 Å². The lowest BCUT2D eigenvalue weighted by Crippen LogP contribution is -2.00. The Kier molecular flexibility index (Phi) is 5.52. The molecule has 0 atom stereocenters. The molecule has 1 rings (SSSR count). The smallest absolute Gasteiger partial charge is 0.0778 e. The lowest BCUT2D eigenvalue weighted by atomic mass is 9.88. The summed E-state index contributed by atoms with van der Waals surface area (Å²) < 4.78 is 0. The largest absolute Gasteiger partial charge is 0.194 e. The minimum absolute atomic E-state index is 0.338. The Morgan fingerprint density at radius 2 is 1.17 bits per heavy atom. The number of nitrogens with zero attached hydrogens (tertiary/aromatic N) is 2. The van der Waals surface area contributed by atoms with Crippen LogP contribution in [-0.2, 0) is 0 Å². The maximum Gasteiger partial charge on any atom is 0.0778 e. The molecule has 0 radical (unpaired) electrons. The molecule has 94 valence electrons. The average molecular weight is 276 g/mol. The molecule has 0 saturated heterocycles. The second-order valence-corrected chi connectivity index (χ2v) is 5.01. The lowest BCUT2D eigenvalue weighted by molar-refractivity contribution is 0.792. The first-order chi connectivity index (χ1) is 8.52. The zero-order valence-electron chi connectivity index (χ0n) is 11.0. The monoisotopic (exact) mass is 276 g/mol. The van der Waals surface area contributed by atoms with E-state index in [0.29, 0.717) is 11.8 Å². The van der Waals surface area contributed by atoms with Gasteiger partial charge in [-0.3, -0.25) is 0 Å². The van der Waals surface area contributed by atoms with Crippen molar-refractivity contribution in [2.45, 2.75) is 39.5 Å². The van der Waals surface area contributed by atoms with E-state index in [4.69, 9.17) is 24.4 Å². The van der Waals surface area contributed by atoms with E-state index >= 15 is 0 Å². The zero-order valence-corrected chi connectivity index (χ0v) is 12.7. The Bertz CT molecular complexity index is 486. The summed E-state index contributed by atoms with van der Waals surface area (Å²) in [6.45, 7) is 8.53. The van der Waals surface area contributed by atoms with Gasteiger partial charge in [-0.1, -0.05) is 27.7 Å². The van der Waals surface area contributed by atoms with Crippen LogP contribution in [0.15, 0.2) is 22.1 Å². The molecule has 0 fully saturated rings. The number of hydrogen-bond acceptors (Lipinski definition) is 4. The highest BCUT2D eigenvalue weighted by Crippen LogP contribution is 2.39. The maximum atomic E-state index is 4.70. The quantitative estimate of drug-likeness (QED) is 0.543. The second kappa shape index (κ2) is 6.67. The molecule has 2 nitrogen and oxygen atoms in total. The highest BCUT2D eigenvalue weighted by molar-refractivity contribution is 7.78. The van der Waals surface area contributed by atoms with Crippen LogP contribution in [0, 0.1) is 0 Å². The van der Waals surface area contributed by atoms with Crippen molar-refractivity contribution < 1.29 is 0 Å². The van der Waals surface area contributed by atoms with Crippen molar-refractivity contribution in [3.63, 3.8) is 0 Å². The summed E-state index contributed by atoms with van der Waals surface area (Å²) in [7, 11) is 0. The molecule has 4 heteroatoms. The molecular formula is C14H16N2S2. The van der Waals surface area contributed by atoms with E-state index in [9.17, 15) is 0 Å². The van der Waals surface area contributed by atoms with Crippen molar-refractivity contribution in [2.24, 2.45) is 9.98 Å². The third-order valence-corrected chi connectivity index (χ3v) is 2.91. The third kappa shape index (κ3) is 3.18. The molecule has 0 unspecified atom stereocenters. The fraction of sp³-hybridized carbons (Fsp3) is 0.429. The second-order valence-electron chi connectivity index (χ2n) is 4.65. The van der Waals surface area contributed by atoms with Gasteiger partial charge in [0.1, 0.15) is 0 Å².